The number of anilines is 1. The molecule has 3 aromatic rings. The zero-order valence-electron chi connectivity index (χ0n) is 16.3. The molecule has 2 aromatic heterocycles. The number of halogens is 1. The maximum absolute atomic E-state index is 15.0. The van der Waals surface area contributed by atoms with Crippen molar-refractivity contribution < 1.29 is 12.8 Å². The summed E-state index contributed by atoms with van der Waals surface area (Å²) < 4.78 is 43.6. The van der Waals surface area contributed by atoms with Crippen molar-refractivity contribution in [2.24, 2.45) is 7.05 Å². The predicted molar refractivity (Wildman–Crippen MR) is 106 cm³/mol. The summed E-state index contributed by atoms with van der Waals surface area (Å²) in [5.74, 6) is 0.279. The number of rotatable bonds is 5. The van der Waals surface area contributed by atoms with Gasteiger partial charge in [0.2, 0.25) is 0 Å². The third-order valence-electron chi connectivity index (χ3n) is 5.22. The molecule has 10 heteroatoms. The molecule has 4 rings (SSSR count). The number of sulfonamides is 1. The molecule has 0 unspecified atom stereocenters. The molecule has 0 saturated carbocycles. The van der Waals surface area contributed by atoms with Crippen LogP contribution < -0.4 is 4.90 Å². The number of aryl methyl sites for hydroxylation is 2. The zero-order valence-corrected chi connectivity index (χ0v) is 17.1. The minimum atomic E-state index is -3.72. The molecule has 1 aliphatic heterocycles. The van der Waals surface area contributed by atoms with Gasteiger partial charge < -0.3 is 9.47 Å². The summed E-state index contributed by atoms with van der Waals surface area (Å²) in [6.07, 6.45) is 2.82. The van der Waals surface area contributed by atoms with Crippen LogP contribution in [0.25, 0.3) is 11.3 Å². The van der Waals surface area contributed by atoms with Crippen LogP contribution in [0.2, 0.25) is 0 Å². The van der Waals surface area contributed by atoms with E-state index in [9.17, 15) is 12.8 Å². The van der Waals surface area contributed by atoms with E-state index < -0.39 is 15.8 Å². The summed E-state index contributed by atoms with van der Waals surface area (Å²) >= 11 is 0. The number of likely N-dealkylation sites (N-methyl/N-ethyl adjacent to an activating group) is 1. The fourth-order valence-electron chi connectivity index (χ4n) is 3.23. The van der Waals surface area contributed by atoms with E-state index in [0.717, 1.165) is 0 Å². The first-order valence-electron chi connectivity index (χ1n) is 9.08. The van der Waals surface area contributed by atoms with Crippen LogP contribution in [0.4, 0.5) is 10.2 Å². The Balaban J connectivity index is 1.52. The van der Waals surface area contributed by atoms with E-state index in [2.05, 4.69) is 15.0 Å². The van der Waals surface area contributed by atoms with E-state index in [4.69, 9.17) is 0 Å². The van der Waals surface area contributed by atoms with Crippen molar-refractivity contribution >= 4 is 15.8 Å². The van der Waals surface area contributed by atoms with Crippen LogP contribution in [-0.2, 0) is 17.1 Å². The summed E-state index contributed by atoms with van der Waals surface area (Å²) in [6.45, 7) is 2.42. The topological polar surface area (TPSA) is 84.2 Å². The zero-order chi connectivity index (χ0) is 20.8. The van der Waals surface area contributed by atoms with E-state index in [1.54, 1.807) is 35.6 Å². The largest absolute Gasteiger partial charge is 0.351 e. The van der Waals surface area contributed by atoms with Crippen LogP contribution in [0.3, 0.4) is 0 Å². The second-order valence-electron chi connectivity index (χ2n) is 7.04. The molecule has 1 fully saturated rings. The lowest BCUT2D eigenvalue weighted by molar-refractivity contribution is 0.306. The van der Waals surface area contributed by atoms with Gasteiger partial charge in [-0.3, -0.25) is 0 Å². The van der Waals surface area contributed by atoms with Crippen molar-refractivity contribution in [1.29, 1.82) is 0 Å². The van der Waals surface area contributed by atoms with Crippen LogP contribution in [-0.4, -0.2) is 58.4 Å². The maximum atomic E-state index is 15.0. The Hall–Kier alpha value is -2.85. The van der Waals surface area contributed by atoms with Gasteiger partial charge in [-0.05, 0) is 6.92 Å². The molecular weight excluding hydrogens is 395 g/mol. The molecule has 0 atom stereocenters. The van der Waals surface area contributed by atoms with Gasteiger partial charge in [-0.25, -0.2) is 27.8 Å². The Bertz CT molecular complexity index is 1120. The van der Waals surface area contributed by atoms with E-state index in [1.807, 2.05) is 18.2 Å². The van der Waals surface area contributed by atoms with E-state index in [1.165, 1.54) is 23.9 Å². The van der Waals surface area contributed by atoms with Gasteiger partial charge in [0.15, 0.2) is 16.7 Å². The molecule has 29 heavy (non-hydrogen) atoms. The third-order valence-corrected chi connectivity index (χ3v) is 7.01. The molecule has 0 radical (unpaired) electrons. The molecule has 1 aromatic carbocycles. The van der Waals surface area contributed by atoms with Crippen molar-refractivity contribution in [2.75, 3.05) is 25.0 Å². The first kappa shape index (κ1) is 19.5. The van der Waals surface area contributed by atoms with Gasteiger partial charge in [0.1, 0.15) is 17.8 Å². The van der Waals surface area contributed by atoms with E-state index in [-0.39, 0.29) is 22.6 Å². The molecule has 0 amide bonds. The molecule has 0 aliphatic carbocycles. The second kappa shape index (κ2) is 7.20. The highest BCUT2D eigenvalue weighted by Crippen LogP contribution is 2.30. The highest BCUT2D eigenvalue weighted by Gasteiger charge is 2.39. The molecule has 8 nitrogen and oxygen atoms in total. The van der Waals surface area contributed by atoms with E-state index >= 15 is 0 Å². The highest BCUT2D eigenvalue weighted by atomic mass is 32.2. The first-order chi connectivity index (χ1) is 13.8. The van der Waals surface area contributed by atoms with Gasteiger partial charge in [-0.1, -0.05) is 30.3 Å². The fraction of sp³-hybridized carbons (Fsp3) is 0.316. The first-order valence-corrected chi connectivity index (χ1v) is 10.5. The molecular formula is C19H21FN6O2S. The SMILES string of the molecule is Cc1nc(S(=O)(=O)N(C)C2CN(c3ncnc(-c4ccccc4)c3F)C2)cn1C. The number of hydrogen-bond donors (Lipinski definition) is 0. The standard InChI is InChI=1S/C19H21FN6O2S/c1-13-23-16(11-24(13)2)29(27,28)25(3)15-9-26(10-15)19-17(20)18(21-12-22-19)14-7-5-4-6-8-14/h4-8,11-12,15H,9-10H2,1-3H3. The van der Waals surface area contributed by atoms with Gasteiger partial charge in [-0.15, -0.1) is 0 Å². The van der Waals surface area contributed by atoms with Crippen LogP contribution in [0.5, 0.6) is 0 Å². The number of imidazole rings is 1. The molecule has 3 heterocycles. The van der Waals surface area contributed by atoms with Crippen LogP contribution >= 0.6 is 0 Å². The lowest BCUT2D eigenvalue weighted by Gasteiger charge is -2.43. The average molecular weight is 416 g/mol. The summed E-state index contributed by atoms with van der Waals surface area (Å²) in [5.41, 5.74) is 0.889. The number of benzene rings is 1. The van der Waals surface area contributed by atoms with Gasteiger partial charge in [-0.2, -0.15) is 4.31 Å². The predicted octanol–water partition coefficient (Wildman–Crippen LogP) is 1.83. The minimum absolute atomic E-state index is 0.0121. The quantitative estimate of drug-likeness (QED) is 0.631. The molecule has 0 bridgehead atoms. The average Bonchev–Trinajstić information content (AvgIpc) is 3.02. The van der Waals surface area contributed by atoms with Gasteiger partial charge in [0, 0.05) is 38.9 Å². The summed E-state index contributed by atoms with van der Waals surface area (Å²) in [6, 6.07) is 8.75. The lowest BCUT2D eigenvalue weighted by Crippen LogP contribution is -2.60. The van der Waals surface area contributed by atoms with Gasteiger partial charge in [0.25, 0.3) is 10.0 Å². The molecule has 0 spiro atoms. The van der Waals surface area contributed by atoms with Crippen LogP contribution in [0.15, 0.2) is 47.9 Å². The molecule has 0 N–H and O–H groups in total. The molecule has 152 valence electrons. The van der Waals surface area contributed by atoms with Crippen LogP contribution in [0.1, 0.15) is 5.82 Å². The molecule has 1 saturated heterocycles. The second-order valence-corrected chi connectivity index (χ2v) is 8.99. The normalized spacial score (nSPS) is 15.0. The van der Waals surface area contributed by atoms with Crippen molar-refractivity contribution in [1.82, 2.24) is 23.8 Å². The van der Waals surface area contributed by atoms with E-state index in [0.29, 0.717) is 24.5 Å². The van der Waals surface area contributed by atoms with Crippen molar-refractivity contribution in [3.8, 4) is 11.3 Å². The Morgan fingerprint density at radius 2 is 1.86 bits per heavy atom. The summed E-state index contributed by atoms with van der Waals surface area (Å²) in [4.78, 5) is 14.0. The van der Waals surface area contributed by atoms with Crippen LogP contribution in [0, 0.1) is 12.7 Å². The Kier molecular flexibility index (Phi) is 4.83. The van der Waals surface area contributed by atoms with Crippen molar-refractivity contribution in [3.63, 3.8) is 0 Å². The minimum Gasteiger partial charge on any atom is -0.351 e. The smallest absolute Gasteiger partial charge is 0.262 e. The van der Waals surface area contributed by atoms with Gasteiger partial charge >= 0.3 is 0 Å². The van der Waals surface area contributed by atoms with Gasteiger partial charge in [0.05, 0.1) is 6.04 Å². The number of nitrogens with zero attached hydrogens (tertiary/aromatic N) is 6. The monoisotopic (exact) mass is 416 g/mol. The summed E-state index contributed by atoms with van der Waals surface area (Å²) in [5, 5.41) is 0.0121. The number of hydrogen-bond acceptors (Lipinski definition) is 6. The lowest BCUT2D eigenvalue weighted by atomic mass is 10.1. The summed E-state index contributed by atoms with van der Waals surface area (Å²) in [7, 11) is -0.454. The molecule has 1 aliphatic rings. The Labute approximate surface area is 168 Å². The van der Waals surface area contributed by atoms with Crippen molar-refractivity contribution in [3.05, 3.63) is 54.5 Å². The maximum Gasteiger partial charge on any atom is 0.262 e. The highest BCUT2D eigenvalue weighted by molar-refractivity contribution is 7.89. The fourth-order valence-corrected chi connectivity index (χ4v) is 4.59. The van der Waals surface area contributed by atoms with Crippen molar-refractivity contribution in [2.45, 2.75) is 18.0 Å². The Morgan fingerprint density at radius 3 is 2.48 bits per heavy atom. The number of aromatic nitrogens is 4. The Morgan fingerprint density at radius 1 is 1.17 bits per heavy atom. The third kappa shape index (κ3) is 3.38.